The highest BCUT2D eigenvalue weighted by Crippen LogP contribution is 2.37. The number of rotatable bonds is 3. The molecular formula is C13H22O3. The van der Waals surface area contributed by atoms with Crippen LogP contribution in [0.5, 0.6) is 0 Å². The number of Topliss-reactive ketones (excluding diaryl/α,β-unsaturated/α-hetero) is 1. The lowest BCUT2D eigenvalue weighted by atomic mass is 9.81. The van der Waals surface area contributed by atoms with Gasteiger partial charge in [-0.05, 0) is 18.8 Å². The quantitative estimate of drug-likeness (QED) is 0.740. The lowest BCUT2D eigenvalue weighted by molar-refractivity contribution is -0.127. The van der Waals surface area contributed by atoms with Gasteiger partial charge in [-0.1, -0.05) is 13.8 Å². The van der Waals surface area contributed by atoms with Crippen LogP contribution in [0.4, 0.5) is 0 Å². The molecule has 2 unspecified atom stereocenters. The molecule has 0 amide bonds. The van der Waals surface area contributed by atoms with Crippen LogP contribution in [0.3, 0.4) is 0 Å². The predicted octanol–water partition coefficient (Wildman–Crippen LogP) is 2.19. The monoisotopic (exact) mass is 226 g/mol. The Morgan fingerprint density at radius 1 is 1.44 bits per heavy atom. The Morgan fingerprint density at radius 3 is 2.88 bits per heavy atom. The second-order valence-corrected chi connectivity index (χ2v) is 5.52. The molecule has 0 radical (unpaired) electrons. The molecule has 16 heavy (non-hydrogen) atoms. The van der Waals surface area contributed by atoms with Gasteiger partial charge in [0.05, 0.1) is 12.2 Å². The van der Waals surface area contributed by atoms with Crippen molar-refractivity contribution in [2.75, 3.05) is 19.8 Å². The third-order valence-electron chi connectivity index (χ3n) is 3.80. The molecule has 0 saturated carbocycles. The van der Waals surface area contributed by atoms with Crippen LogP contribution >= 0.6 is 0 Å². The molecule has 0 aromatic heterocycles. The Balaban J connectivity index is 1.89. The largest absolute Gasteiger partial charge is 0.378 e. The molecule has 2 aliphatic heterocycles. The Bertz CT molecular complexity index is 254. The predicted molar refractivity (Wildman–Crippen MR) is 61.3 cm³/mol. The summed E-state index contributed by atoms with van der Waals surface area (Å²) in [4.78, 5) is 11.7. The first kappa shape index (κ1) is 12.1. The van der Waals surface area contributed by atoms with E-state index in [1.54, 1.807) is 0 Å². The summed E-state index contributed by atoms with van der Waals surface area (Å²) in [6, 6.07) is 0. The SMILES string of the molecule is CC(C)C(=O)CC1CCOC2(CCOC2)C1. The van der Waals surface area contributed by atoms with Crippen LogP contribution in [0.25, 0.3) is 0 Å². The second-order valence-electron chi connectivity index (χ2n) is 5.52. The average Bonchev–Trinajstić information content (AvgIpc) is 2.66. The fraction of sp³-hybridized carbons (Fsp3) is 0.923. The molecular weight excluding hydrogens is 204 g/mol. The number of ketones is 1. The third-order valence-corrected chi connectivity index (χ3v) is 3.80. The molecule has 2 heterocycles. The Kier molecular flexibility index (Phi) is 3.65. The highest BCUT2D eigenvalue weighted by Gasteiger charge is 2.41. The van der Waals surface area contributed by atoms with Gasteiger partial charge in [-0.2, -0.15) is 0 Å². The van der Waals surface area contributed by atoms with Crippen molar-refractivity contribution in [1.29, 1.82) is 0 Å². The zero-order valence-electron chi connectivity index (χ0n) is 10.3. The van der Waals surface area contributed by atoms with E-state index in [-0.39, 0.29) is 11.5 Å². The minimum atomic E-state index is -0.0554. The first-order valence-electron chi connectivity index (χ1n) is 6.36. The van der Waals surface area contributed by atoms with Gasteiger partial charge in [-0.25, -0.2) is 0 Å². The van der Waals surface area contributed by atoms with Crippen molar-refractivity contribution < 1.29 is 14.3 Å². The van der Waals surface area contributed by atoms with Crippen molar-refractivity contribution in [2.24, 2.45) is 11.8 Å². The molecule has 2 fully saturated rings. The van der Waals surface area contributed by atoms with Gasteiger partial charge in [0.15, 0.2) is 0 Å². The second kappa shape index (κ2) is 4.84. The van der Waals surface area contributed by atoms with Crippen LogP contribution in [-0.4, -0.2) is 31.2 Å². The summed E-state index contributed by atoms with van der Waals surface area (Å²) < 4.78 is 11.3. The summed E-state index contributed by atoms with van der Waals surface area (Å²) in [5.74, 6) is 1.06. The summed E-state index contributed by atoms with van der Waals surface area (Å²) in [5, 5.41) is 0. The third kappa shape index (κ3) is 2.64. The van der Waals surface area contributed by atoms with Gasteiger partial charge in [0.2, 0.25) is 0 Å². The fourth-order valence-corrected chi connectivity index (χ4v) is 2.69. The van der Waals surface area contributed by atoms with E-state index in [2.05, 4.69) is 0 Å². The van der Waals surface area contributed by atoms with Crippen LogP contribution in [-0.2, 0) is 14.3 Å². The maximum Gasteiger partial charge on any atom is 0.135 e. The van der Waals surface area contributed by atoms with E-state index in [4.69, 9.17) is 9.47 Å². The fourth-order valence-electron chi connectivity index (χ4n) is 2.69. The Hall–Kier alpha value is -0.410. The van der Waals surface area contributed by atoms with E-state index in [1.807, 2.05) is 13.8 Å². The average molecular weight is 226 g/mol. The van der Waals surface area contributed by atoms with Crippen molar-refractivity contribution >= 4 is 5.78 Å². The first-order chi connectivity index (χ1) is 7.61. The Labute approximate surface area is 97.5 Å². The van der Waals surface area contributed by atoms with E-state index >= 15 is 0 Å². The molecule has 3 nitrogen and oxygen atoms in total. The van der Waals surface area contributed by atoms with Gasteiger partial charge in [0, 0.05) is 32.0 Å². The van der Waals surface area contributed by atoms with Gasteiger partial charge in [0.25, 0.3) is 0 Å². The standard InChI is InChI=1S/C13H22O3/c1-10(2)12(14)7-11-3-5-16-13(8-11)4-6-15-9-13/h10-11H,3-9H2,1-2H3. The minimum absolute atomic E-state index is 0.0554. The van der Waals surface area contributed by atoms with Crippen molar-refractivity contribution in [2.45, 2.75) is 45.1 Å². The summed E-state index contributed by atoms with van der Waals surface area (Å²) in [6.45, 7) is 6.29. The maximum atomic E-state index is 11.7. The van der Waals surface area contributed by atoms with E-state index in [0.717, 1.165) is 45.5 Å². The van der Waals surface area contributed by atoms with Crippen LogP contribution in [0.15, 0.2) is 0 Å². The summed E-state index contributed by atoms with van der Waals surface area (Å²) >= 11 is 0. The van der Waals surface area contributed by atoms with E-state index in [0.29, 0.717) is 11.7 Å². The number of ether oxygens (including phenoxy) is 2. The van der Waals surface area contributed by atoms with Crippen LogP contribution in [0, 0.1) is 11.8 Å². The molecule has 2 saturated heterocycles. The lowest BCUT2D eigenvalue weighted by Crippen LogP contribution is -2.41. The summed E-state index contributed by atoms with van der Waals surface area (Å²) in [5.41, 5.74) is -0.0554. The smallest absolute Gasteiger partial charge is 0.135 e. The summed E-state index contributed by atoms with van der Waals surface area (Å²) in [7, 11) is 0. The van der Waals surface area contributed by atoms with Crippen molar-refractivity contribution in [3.05, 3.63) is 0 Å². The minimum Gasteiger partial charge on any atom is -0.378 e. The van der Waals surface area contributed by atoms with Gasteiger partial charge in [-0.3, -0.25) is 4.79 Å². The zero-order valence-corrected chi connectivity index (χ0v) is 10.3. The van der Waals surface area contributed by atoms with Crippen molar-refractivity contribution in [1.82, 2.24) is 0 Å². The number of carbonyl (C=O) groups is 1. The van der Waals surface area contributed by atoms with Crippen molar-refractivity contribution in [3.63, 3.8) is 0 Å². The van der Waals surface area contributed by atoms with Gasteiger partial charge in [-0.15, -0.1) is 0 Å². The Morgan fingerprint density at radius 2 is 2.25 bits per heavy atom. The molecule has 0 aromatic rings. The first-order valence-corrected chi connectivity index (χ1v) is 6.36. The molecule has 2 atom stereocenters. The number of hydrogen-bond acceptors (Lipinski definition) is 3. The summed E-state index contributed by atoms with van der Waals surface area (Å²) in [6.07, 6.45) is 3.76. The molecule has 2 rings (SSSR count). The number of carbonyl (C=O) groups excluding carboxylic acids is 1. The van der Waals surface area contributed by atoms with Gasteiger partial charge >= 0.3 is 0 Å². The van der Waals surface area contributed by atoms with Gasteiger partial charge in [0.1, 0.15) is 5.78 Å². The number of hydrogen-bond donors (Lipinski definition) is 0. The van der Waals surface area contributed by atoms with E-state index in [1.165, 1.54) is 0 Å². The lowest BCUT2D eigenvalue weighted by Gasteiger charge is -2.37. The molecule has 0 bridgehead atoms. The van der Waals surface area contributed by atoms with Crippen LogP contribution in [0.2, 0.25) is 0 Å². The highest BCUT2D eigenvalue weighted by molar-refractivity contribution is 5.80. The van der Waals surface area contributed by atoms with E-state index in [9.17, 15) is 4.79 Å². The molecule has 0 N–H and O–H groups in total. The topological polar surface area (TPSA) is 35.5 Å². The molecule has 0 aromatic carbocycles. The molecule has 3 heteroatoms. The molecule has 92 valence electrons. The van der Waals surface area contributed by atoms with E-state index < -0.39 is 0 Å². The van der Waals surface area contributed by atoms with Gasteiger partial charge < -0.3 is 9.47 Å². The molecule has 2 aliphatic rings. The van der Waals surface area contributed by atoms with Crippen LogP contribution in [0.1, 0.15) is 39.5 Å². The maximum absolute atomic E-state index is 11.7. The highest BCUT2D eigenvalue weighted by atomic mass is 16.6. The van der Waals surface area contributed by atoms with Crippen molar-refractivity contribution in [3.8, 4) is 0 Å². The molecule has 1 spiro atoms. The van der Waals surface area contributed by atoms with Crippen LogP contribution < -0.4 is 0 Å². The zero-order chi connectivity index (χ0) is 11.6. The normalized spacial score (nSPS) is 34.8. The molecule has 0 aliphatic carbocycles.